The maximum Gasteiger partial charge on any atom is 0.249 e. The van der Waals surface area contributed by atoms with E-state index >= 15 is 0 Å². The number of pyridine rings is 1. The first-order valence-corrected chi connectivity index (χ1v) is 9.52. The quantitative estimate of drug-likeness (QED) is 0.826. The molecule has 1 atom stereocenters. The van der Waals surface area contributed by atoms with Crippen LogP contribution < -0.4 is 0 Å². The molecule has 0 bridgehead atoms. The number of amides is 1. The number of hydroxylamine groups is 2. The summed E-state index contributed by atoms with van der Waals surface area (Å²) in [4.78, 5) is 31.0. The lowest BCUT2D eigenvalue weighted by Crippen LogP contribution is -2.37. The highest BCUT2D eigenvalue weighted by Gasteiger charge is 2.37. The SMILES string of the molecule is O=C([C@H]1CC[C@H](Cc2cncc(F)c2)CC1)N1OCC[C@H]1c1cnccn1. The van der Waals surface area contributed by atoms with Gasteiger partial charge in [-0.15, -0.1) is 0 Å². The minimum absolute atomic E-state index is 0.0239. The highest BCUT2D eigenvalue weighted by Crippen LogP contribution is 2.36. The van der Waals surface area contributed by atoms with Crippen molar-refractivity contribution in [1.29, 1.82) is 0 Å². The van der Waals surface area contributed by atoms with Crippen molar-refractivity contribution in [3.63, 3.8) is 0 Å². The largest absolute Gasteiger partial charge is 0.272 e. The number of hydrogen-bond donors (Lipinski definition) is 0. The Bertz CT molecular complexity index is 781. The molecule has 7 heteroatoms. The number of aromatic nitrogens is 3. The molecule has 1 aliphatic heterocycles. The van der Waals surface area contributed by atoms with Crippen LogP contribution in [0, 0.1) is 17.7 Å². The predicted octanol–water partition coefficient (Wildman–Crippen LogP) is 3.26. The van der Waals surface area contributed by atoms with Crippen molar-refractivity contribution in [2.45, 2.75) is 44.6 Å². The molecule has 1 aliphatic carbocycles. The Balaban J connectivity index is 1.34. The van der Waals surface area contributed by atoms with Crippen molar-refractivity contribution in [3.8, 4) is 0 Å². The molecule has 1 saturated carbocycles. The molecule has 1 amide bonds. The zero-order chi connectivity index (χ0) is 18.6. The number of nitrogens with zero attached hydrogens (tertiary/aromatic N) is 4. The lowest BCUT2D eigenvalue weighted by Gasteiger charge is -2.31. The third kappa shape index (κ3) is 4.13. The van der Waals surface area contributed by atoms with Crippen LogP contribution in [0.15, 0.2) is 37.1 Å². The molecular weight excluding hydrogens is 347 g/mol. The number of carbonyl (C=O) groups is 1. The van der Waals surface area contributed by atoms with E-state index in [9.17, 15) is 9.18 Å². The summed E-state index contributed by atoms with van der Waals surface area (Å²) >= 11 is 0. The molecule has 4 rings (SSSR count). The average molecular weight is 370 g/mol. The Hall–Kier alpha value is -2.41. The topological polar surface area (TPSA) is 68.2 Å². The summed E-state index contributed by atoms with van der Waals surface area (Å²) in [7, 11) is 0. The third-order valence-electron chi connectivity index (χ3n) is 5.53. The maximum atomic E-state index is 13.3. The average Bonchev–Trinajstić information content (AvgIpc) is 3.19. The minimum atomic E-state index is -0.294. The molecule has 0 radical (unpaired) electrons. The molecule has 27 heavy (non-hydrogen) atoms. The molecule has 0 aromatic carbocycles. The van der Waals surface area contributed by atoms with E-state index in [1.165, 1.54) is 11.3 Å². The summed E-state index contributed by atoms with van der Waals surface area (Å²) in [6, 6.07) is 1.40. The van der Waals surface area contributed by atoms with Crippen LogP contribution in [0.25, 0.3) is 0 Å². The first-order valence-electron chi connectivity index (χ1n) is 9.52. The van der Waals surface area contributed by atoms with Crippen LogP contribution in [-0.2, 0) is 16.1 Å². The van der Waals surface area contributed by atoms with E-state index in [1.54, 1.807) is 30.9 Å². The fraction of sp³-hybridized carbons (Fsp3) is 0.500. The summed E-state index contributed by atoms with van der Waals surface area (Å²) in [5, 5.41) is 1.52. The van der Waals surface area contributed by atoms with E-state index in [0.717, 1.165) is 49.8 Å². The van der Waals surface area contributed by atoms with E-state index < -0.39 is 0 Å². The van der Waals surface area contributed by atoms with Gasteiger partial charge in [0.1, 0.15) is 11.9 Å². The number of carbonyl (C=O) groups excluding carboxylic acids is 1. The molecule has 2 aromatic heterocycles. The molecule has 2 aliphatic rings. The van der Waals surface area contributed by atoms with Gasteiger partial charge in [0, 0.05) is 30.9 Å². The number of halogens is 1. The predicted molar refractivity (Wildman–Crippen MR) is 95.5 cm³/mol. The second-order valence-corrected chi connectivity index (χ2v) is 7.37. The first kappa shape index (κ1) is 18.0. The molecule has 0 unspecified atom stereocenters. The lowest BCUT2D eigenvalue weighted by molar-refractivity contribution is -0.183. The minimum Gasteiger partial charge on any atom is -0.272 e. The highest BCUT2D eigenvalue weighted by molar-refractivity contribution is 5.78. The van der Waals surface area contributed by atoms with Crippen molar-refractivity contribution in [1.82, 2.24) is 20.0 Å². The fourth-order valence-corrected chi connectivity index (χ4v) is 4.13. The lowest BCUT2D eigenvalue weighted by atomic mass is 9.79. The first-order chi connectivity index (χ1) is 13.2. The van der Waals surface area contributed by atoms with Gasteiger partial charge in [-0.05, 0) is 49.7 Å². The smallest absolute Gasteiger partial charge is 0.249 e. The second kappa shape index (κ2) is 8.08. The fourth-order valence-electron chi connectivity index (χ4n) is 4.13. The highest BCUT2D eigenvalue weighted by atomic mass is 19.1. The number of hydrogen-bond acceptors (Lipinski definition) is 5. The van der Waals surface area contributed by atoms with E-state index in [2.05, 4.69) is 15.0 Å². The Labute approximate surface area is 157 Å². The molecule has 1 saturated heterocycles. The second-order valence-electron chi connectivity index (χ2n) is 7.37. The van der Waals surface area contributed by atoms with Gasteiger partial charge in [-0.25, -0.2) is 9.45 Å². The molecule has 142 valence electrons. The molecule has 3 heterocycles. The van der Waals surface area contributed by atoms with Crippen LogP contribution in [0.5, 0.6) is 0 Å². The Morgan fingerprint density at radius 1 is 1.11 bits per heavy atom. The number of rotatable bonds is 4. The van der Waals surface area contributed by atoms with Crippen LogP contribution in [0.3, 0.4) is 0 Å². The molecule has 2 aromatic rings. The van der Waals surface area contributed by atoms with E-state index in [-0.39, 0.29) is 23.7 Å². The van der Waals surface area contributed by atoms with Crippen LogP contribution in [0.4, 0.5) is 4.39 Å². The van der Waals surface area contributed by atoms with Crippen molar-refractivity contribution < 1.29 is 14.0 Å². The summed E-state index contributed by atoms with van der Waals surface area (Å²) in [5.41, 5.74) is 1.70. The van der Waals surface area contributed by atoms with Crippen molar-refractivity contribution >= 4 is 5.91 Å². The van der Waals surface area contributed by atoms with Crippen molar-refractivity contribution in [2.24, 2.45) is 11.8 Å². The van der Waals surface area contributed by atoms with Gasteiger partial charge in [0.05, 0.1) is 24.7 Å². The van der Waals surface area contributed by atoms with Gasteiger partial charge in [0.25, 0.3) is 0 Å². The standard InChI is InChI=1S/C20H23FN4O2/c21-17-10-15(11-23-12-17)9-14-1-3-16(4-2-14)20(26)25-19(5-8-27-25)18-13-22-6-7-24-18/h6-7,10-14,16,19H,1-5,8-9H2/t14-,16-,19-/m0/s1. The summed E-state index contributed by atoms with van der Waals surface area (Å²) in [6.07, 6.45) is 13.0. The van der Waals surface area contributed by atoms with Gasteiger partial charge in [0.2, 0.25) is 5.91 Å². The zero-order valence-electron chi connectivity index (χ0n) is 15.1. The Morgan fingerprint density at radius 3 is 2.70 bits per heavy atom. The molecule has 0 spiro atoms. The van der Waals surface area contributed by atoms with Crippen molar-refractivity contribution in [2.75, 3.05) is 6.61 Å². The van der Waals surface area contributed by atoms with Crippen LogP contribution >= 0.6 is 0 Å². The molecule has 0 N–H and O–H groups in total. The van der Waals surface area contributed by atoms with Gasteiger partial charge >= 0.3 is 0 Å². The normalized spacial score (nSPS) is 25.5. The van der Waals surface area contributed by atoms with E-state index in [4.69, 9.17) is 4.84 Å². The molecule has 6 nitrogen and oxygen atoms in total. The van der Waals surface area contributed by atoms with Crippen LogP contribution in [0.2, 0.25) is 0 Å². The van der Waals surface area contributed by atoms with Gasteiger partial charge in [0.15, 0.2) is 0 Å². The third-order valence-corrected chi connectivity index (χ3v) is 5.53. The summed E-state index contributed by atoms with van der Waals surface area (Å²) in [5.74, 6) is 0.198. The van der Waals surface area contributed by atoms with Gasteiger partial charge in [-0.1, -0.05) is 0 Å². The maximum absolute atomic E-state index is 13.3. The summed E-state index contributed by atoms with van der Waals surface area (Å²) < 4.78 is 13.3. The van der Waals surface area contributed by atoms with Crippen LogP contribution in [0.1, 0.15) is 49.4 Å². The zero-order valence-corrected chi connectivity index (χ0v) is 15.1. The van der Waals surface area contributed by atoms with Gasteiger partial charge < -0.3 is 0 Å². The van der Waals surface area contributed by atoms with Gasteiger partial charge in [-0.3, -0.25) is 24.6 Å². The van der Waals surface area contributed by atoms with Gasteiger partial charge in [-0.2, -0.15) is 0 Å². The van der Waals surface area contributed by atoms with E-state index in [0.29, 0.717) is 12.5 Å². The summed E-state index contributed by atoms with van der Waals surface area (Å²) in [6.45, 7) is 0.523. The van der Waals surface area contributed by atoms with E-state index in [1.807, 2.05) is 0 Å². The monoisotopic (exact) mass is 370 g/mol. The molecular formula is C20H23FN4O2. The van der Waals surface area contributed by atoms with Crippen molar-refractivity contribution in [3.05, 3.63) is 54.1 Å². The Kier molecular flexibility index (Phi) is 5.38. The Morgan fingerprint density at radius 2 is 1.96 bits per heavy atom. The molecule has 2 fully saturated rings. The van der Waals surface area contributed by atoms with Crippen LogP contribution in [-0.4, -0.2) is 32.5 Å².